The molecular weight excluding hydrogens is 460 g/mol. The molecule has 11 nitrogen and oxygen atoms in total. The summed E-state index contributed by atoms with van der Waals surface area (Å²) < 4.78 is 6.82. The van der Waals surface area contributed by atoms with Crippen molar-refractivity contribution in [2.24, 2.45) is 0 Å². The van der Waals surface area contributed by atoms with Crippen molar-refractivity contribution >= 4 is 40.6 Å². The minimum atomic E-state index is -0.511. The van der Waals surface area contributed by atoms with Crippen molar-refractivity contribution in [3.8, 4) is 5.75 Å². The molecule has 0 unspecified atom stereocenters. The summed E-state index contributed by atoms with van der Waals surface area (Å²) in [6.45, 7) is 4.09. The van der Waals surface area contributed by atoms with Crippen LogP contribution < -0.4 is 15.4 Å². The third-order valence-corrected chi connectivity index (χ3v) is 5.46. The lowest BCUT2D eigenvalue weighted by Crippen LogP contribution is -2.18. The van der Waals surface area contributed by atoms with Crippen LogP contribution in [-0.2, 0) is 22.6 Å². The van der Waals surface area contributed by atoms with Crippen molar-refractivity contribution in [2.45, 2.75) is 18.1 Å². The number of allylic oxidation sites excluding steroid dienone is 1. The average molecular weight is 483 g/mol. The monoisotopic (exact) mass is 482 g/mol. The second kappa shape index (κ2) is 11.6. The van der Waals surface area contributed by atoms with Crippen molar-refractivity contribution in [3.05, 3.63) is 77.1 Å². The molecule has 0 aliphatic rings. The van der Waals surface area contributed by atoms with Gasteiger partial charge in [-0.25, -0.2) is 0 Å². The molecular formula is C22H22N6O5S. The van der Waals surface area contributed by atoms with Crippen molar-refractivity contribution in [1.29, 1.82) is 0 Å². The van der Waals surface area contributed by atoms with Crippen LogP contribution in [0.2, 0.25) is 0 Å². The zero-order valence-electron chi connectivity index (χ0n) is 18.3. The highest BCUT2D eigenvalue weighted by Crippen LogP contribution is 2.20. The van der Waals surface area contributed by atoms with Gasteiger partial charge in [0.25, 0.3) is 5.69 Å². The highest BCUT2D eigenvalue weighted by molar-refractivity contribution is 7.99. The number of amides is 2. The largest absolute Gasteiger partial charge is 0.497 e. The number of rotatable bonds is 11. The fraction of sp³-hybridized carbons (Fsp3) is 0.182. The number of anilines is 2. The smallest absolute Gasteiger partial charge is 0.269 e. The molecule has 1 aromatic heterocycles. The lowest BCUT2D eigenvalue weighted by molar-refractivity contribution is -0.384. The SMILES string of the molecule is C=CCn1c(CC(=O)Nc2ccc(OC)cc2)nnc1SCC(=O)Nc1ccc([N+](=O)[O-])cc1. The van der Waals surface area contributed by atoms with Crippen molar-refractivity contribution in [3.63, 3.8) is 0 Å². The van der Waals surface area contributed by atoms with Gasteiger partial charge in [0.15, 0.2) is 5.16 Å². The Bertz CT molecular complexity index is 1180. The van der Waals surface area contributed by atoms with E-state index < -0.39 is 4.92 Å². The summed E-state index contributed by atoms with van der Waals surface area (Å²) in [7, 11) is 1.56. The molecule has 0 bridgehead atoms. The quantitative estimate of drug-likeness (QED) is 0.184. The Balaban J connectivity index is 1.58. The van der Waals surface area contributed by atoms with E-state index in [2.05, 4.69) is 27.4 Å². The second-order valence-corrected chi connectivity index (χ2v) is 7.83. The molecule has 2 N–H and O–H groups in total. The van der Waals surface area contributed by atoms with E-state index in [9.17, 15) is 19.7 Å². The molecule has 1 heterocycles. The third kappa shape index (κ3) is 6.65. The molecule has 34 heavy (non-hydrogen) atoms. The summed E-state index contributed by atoms with van der Waals surface area (Å²) in [5.74, 6) is 0.568. The first kappa shape index (κ1) is 24.5. The molecule has 2 aromatic carbocycles. The Kier molecular flexibility index (Phi) is 8.35. The predicted molar refractivity (Wildman–Crippen MR) is 128 cm³/mol. The molecule has 0 aliphatic carbocycles. The van der Waals surface area contributed by atoms with Crippen LogP contribution in [0.3, 0.4) is 0 Å². The Hall–Kier alpha value is -4.19. The molecule has 0 saturated carbocycles. The van der Waals surface area contributed by atoms with Crippen LogP contribution in [-0.4, -0.2) is 44.4 Å². The van der Waals surface area contributed by atoms with Crippen LogP contribution in [0.15, 0.2) is 66.3 Å². The van der Waals surface area contributed by atoms with Crippen LogP contribution in [0.5, 0.6) is 5.75 Å². The maximum absolute atomic E-state index is 12.5. The maximum Gasteiger partial charge on any atom is 0.269 e. The average Bonchev–Trinajstić information content (AvgIpc) is 3.19. The highest BCUT2D eigenvalue weighted by Gasteiger charge is 2.17. The van der Waals surface area contributed by atoms with E-state index >= 15 is 0 Å². The van der Waals surface area contributed by atoms with E-state index in [-0.39, 0.29) is 29.7 Å². The van der Waals surface area contributed by atoms with E-state index in [0.717, 1.165) is 11.8 Å². The standard InChI is InChI=1S/C22H22N6O5S/c1-3-12-27-19(13-20(29)23-16-6-10-18(33-2)11-7-16)25-26-22(27)34-14-21(30)24-15-4-8-17(9-5-15)28(31)32/h3-11H,1,12-14H2,2H3,(H,23,29)(H,24,30). The first-order valence-electron chi connectivity index (χ1n) is 10.0. The number of nitro benzene ring substituents is 1. The molecule has 0 spiro atoms. The van der Waals surface area contributed by atoms with E-state index in [0.29, 0.717) is 34.6 Å². The van der Waals surface area contributed by atoms with Gasteiger partial charge in [-0.3, -0.25) is 19.7 Å². The van der Waals surface area contributed by atoms with Gasteiger partial charge in [-0.05, 0) is 36.4 Å². The fourth-order valence-corrected chi connectivity index (χ4v) is 3.65. The Labute approximate surface area is 199 Å². The summed E-state index contributed by atoms with van der Waals surface area (Å²) in [6, 6.07) is 12.5. The fourth-order valence-electron chi connectivity index (χ4n) is 2.89. The van der Waals surface area contributed by atoms with E-state index in [4.69, 9.17) is 4.74 Å². The summed E-state index contributed by atoms with van der Waals surface area (Å²) in [5, 5.41) is 24.9. The first-order chi connectivity index (χ1) is 16.4. The summed E-state index contributed by atoms with van der Waals surface area (Å²) in [5.41, 5.74) is 1.01. The van der Waals surface area contributed by atoms with Crippen LogP contribution in [0.1, 0.15) is 5.82 Å². The summed E-state index contributed by atoms with van der Waals surface area (Å²) in [6.07, 6.45) is 1.64. The minimum absolute atomic E-state index is 0.0115. The molecule has 0 fully saturated rings. The van der Waals surface area contributed by atoms with Crippen molar-refractivity contribution < 1.29 is 19.2 Å². The number of non-ortho nitro benzene ring substituents is 1. The molecule has 3 aromatic rings. The number of carbonyl (C=O) groups is 2. The van der Waals surface area contributed by atoms with Crippen LogP contribution in [0.25, 0.3) is 0 Å². The molecule has 0 aliphatic heterocycles. The number of nitro groups is 1. The van der Waals surface area contributed by atoms with Crippen molar-refractivity contribution in [1.82, 2.24) is 14.8 Å². The molecule has 0 atom stereocenters. The summed E-state index contributed by atoms with van der Waals surface area (Å²) in [4.78, 5) is 35.0. The number of nitrogens with one attached hydrogen (secondary N) is 2. The number of hydrogen-bond acceptors (Lipinski definition) is 8. The molecule has 2 amide bonds. The zero-order valence-corrected chi connectivity index (χ0v) is 19.1. The Morgan fingerprint density at radius 3 is 2.29 bits per heavy atom. The number of carbonyl (C=O) groups excluding carboxylic acids is 2. The van der Waals surface area contributed by atoms with Gasteiger partial charge in [0.1, 0.15) is 11.6 Å². The normalized spacial score (nSPS) is 10.4. The number of nitrogens with zero attached hydrogens (tertiary/aromatic N) is 4. The molecule has 12 heteroatoms. The van der Waals surface area contributed by atoms with Gasteiger partial charge < -0.3 is 19.9 Å². The topological polar surface area (TPSA) is 141 Å². The van der Waals surface area contributed by atoms with Gasteiger partial charge in [-0.1, -0.05) is 17.8 Å². The zero-order chi connectivity index (χ0) is 24.5. The number of thioether (sulfide) groups is 1. The lowest BCUT2D eigenvalue weighted by atomic mass is 10.3. The molecule has 0 radical (unpaired) electrons. The predicted octanol–water partition coefficient (Wildman–Crippen LogP) is 3.29. The van der Waals surface area contributed by atoms with Gasteiger partial charge in [-0.15, -0.1) is 16.8 Å². The molecule has 176 valence electrons. The van der Waals surface area contributed by atoms with Crippen LogP contribution >= 0.6 is 11.8 Å². The van der Waals surface area contributed by atoms with Crippen molar-refractivity contribution in [2.75, 3.05) is 23.5 Å². The Morgan fingerprint density at radius 1 is 1.09 bits per heavy atom. The van der Waals surface area contributed by atoms with Gasteiger partial charge in [0.05, 0.1) is 24.2 Å². The summed E-state index contributed by atoms with van der Waals surface area (Å²) >= 11 is 1.15. The maximum atomic E-state index is 12.5. The van der Waals surface area contributed by atoms with E-state index in [1.165, 1.54) is 24.3 Å². The lowest BCUT2D eigenvalue weighted by Gasteiger charge is -2.09. The molecule has 0 saturated heterocycles. The number of hydrogen-bond donors (Lipinski definition) is 2. The van der Waals surface area contributed by atoms with Gasteiger partial charge in [0, 0.05) is 30.1 Å². The number of ether oxygens (including phenoxy) is 1. The highest BCUT2D eigenvalue weighted by atomic mass is 32.2. The van der Waals surface area contributed by atoms with Gasteiger partial charge >= 0.3 is 0 Å². The van der Waals surface area contributed by atoms with E-state index in [1.807, 2.05) is 0 Å². The Morgan fingerprint density at radius 2 is 1.71 bits per heavy atom. The third-order valence-electron chi connectivity index (χ3n) is 4.49. The van der Waals surface area contributed by atoms with Gasteiger partial charge in [0.2, 0.25) is 11.8 Å². The van der Waals surface area contributed by atoms with Crippen LogP contribution in [0, 0.1) is 10.1 Å². The molecule has 3 rings (SSSR count). The first-order valence-corrected chi connectivity index (χ1v) is 11.0. The number of benzene rings is 2. The van der Waals surface area contributed by atoms with E-state index in [1.54, 1.807) is 42.0 Å². The number of aromatic nitrogens is 3. The second-order valence-electron chi connectivity index (χ2n) is 6.89. The number of methoxy groups -OCH3 is 1. The minimum Gasteiger partial charge on any atom is -0.497 e. The van der Waals surface area contributed by atoms with Gasteiger partial charge in [-0.2, -0.15) is 0 Å². The van der Waals surface area contributed by atoms with Crippen LogP contribution in [0.4, 0.5) is 17.1 Å².